The zero-order chi connectivity index (χ0) is 20.4. The van der Waals surface area contributed by atoms with Crippen molar-refractivity contribution in [2.45, 2.75) is 20.4 Å². The number of amides is 1. The Balaban J connectivity index is 2.14. The number of benzene rings is 2. The van der Waals surface area contributed by atoms with E-state index in [4.69, 9.17) is 4.74 Å². The standard InChI is InChI=1S/C19H17N3O5S/c1-11-4-7-14-16(8-11)28-19(21(14)10-17(23)27-3)20-18(24)13-6-5-12(2)15(9-13)22(25)26/h4-9H,10H2,1-3H3. The van der Waals surface area contributed by atoms with Gasteiger partial charge in [-0.1, -0.05) is 23.5 Å². The van der Waals surface area contributed by atoms with Crippen molar-refractivity contribution in [3.05, 3.63) is 68.0 Å². The predicted octanol–water partition coefficient (Wildman–Crippen LogP) is 3.14. The number of fused-ring (bicyclic) bond motifs is 1. The summed E-state index contributed by atoms with van der Waals surface area (Å²) in [5.41, 5.74) is 2.21. The lowest BCUT2D eigenvalue weighted by Gasteiger charge is -2.04. The number of nitro benzene ring substituents is 1. The number of esters is 1. The van der Waals surface area contributed by atoms with E-state index in [0.717, 1.165) is 15.8 Å². The number of hydrogen-bond acceptors (Lipinski definition) is 6. The van der Waals surface area contributed by atoms with Crippen molar-refractivity contribution in [2.24, 2.45) is 4.99 Å². The van der Waals surface area contributed by atoms with Crippen LogP contribution in [0.25, 0.3) is 10.2 Å². The van der Waals surface area contributed by atoms with Crippen molar-refractivity contribution in [2.75, 3.05) is 7.11 Å². The van der Waals surface area contributed by atoms with Crippen molar-refractivity contribution < 1.29 is 19.2 Å². The average Bonchev–Trinajstić information content (AvgIpc) is 2.97. The van der Waals surface area contributed by atoms with E-state index in [1.807, 2.05) is 25.1 Å². The van der Waals surface area contributed by atoms with E-state index in [9.17, 15) is 19.7 Å². The highest BCUT2D eigenvalue weighted by Gasteiger charge is 2.16. The van der Waals surface area contributed by atoms with Gasteiger partial charge in [-0.05, 0) is 37.6 Å². The normalized spacial score (nSPS) is 11.6. The van der Waals surface area contributed by atoms with E-state index in [1.165, 1.54) is 36.6 Å². The molecule has 1 amide bonds. The molecule has 3 rings (SSSR count). The molecule has 0 unspecified atom stereocenters. The summed E-state index contributed by atoms with van der Waals surface area (Å²) in [5, 5.41) is 11.1. The van der Waals surface area contributed by atoms with Gasteiger partial charge in [-0.2, -0.15) is 4.99 Å². The molecule has 0 aliphatic carbocycles. The zero-order valence-electron chi connectivity index (χ0n) is 15.5. The van der Waals surface area contributed by atoms with Crippen LogP contribution in [0.4, 0.5) is 5.69 Å². The fourth-order valence-electron chi connectivity index (χ4n) is 2.70. The minimum atomic E-state index is -0.620. The maximum atomic E-state index is 12.6. The van der Waals surface area contributed by atoms with E-state index in [-0.39, 0.29) is 17.8 Å². The molecule has 144 valence electrons. The van der Waals surface area contributed by atoms with Crippen LogP contribution in [0, 0.1) is 24.0 Å². The van der Waals surface area contributed by atoms with Gasteiger partial charge in [0.25, 0.3) is 11.6 Å². The number of nitrogens with zero attached hydrogens (tertiary/aromatic N) is 3. The summed E-state index contributed by atoms with van der Waals surface area (Å²) in [5.74, 6) is -1.09. The van der Waals surface area contributed by atoms with Crippen LogP contribution in [0.1, 0.15) is 21.5 Å². The van der Waals surface area contributed by atoms with E-state index in [2.05, 4.69) is 4.99 Å². The monoisotopic (exact) mass is 399 g/mol. The topological polar surface area (TPSA) is 104 Å². The van der Waals surface area contributed by atoms with Crippen LogP contribution in [-0.4, -0.2) is 28.5 Å². The number of methoxy groups -OCH3 is 1. The van der Waals surface area contributed by atoms with Crippen molar-refractivity contribution in [3.8, 4) is 0 Å². The van der Waals surface area contributed by atoms with Crippen molar-refractivity contribution >= 4 is 39.1 Å². The Morgan fingerprint density at radius 3 is 2.64 bits per heavy atom. The molecule has 0 N–H and O–H groups in total. The van der Waals surface area contributed by atoms with E-state index < -0.39 is 16.8 Å². The Kier molecular flexibility index (Phi) is 5.36. The Labute approximate surface area is 163 Å². The minimum absolute atomic E-state index is 0.0975. The molecule has 0 saturated carbocycles. The summed E-state index contributed by atoms with van der Waals surface area (Å²) >= 11 is 1.26. The Bertz CT molecular complexity index is 1180. The van der Waals surface area contributed by atoms with Gasteiger partial charge in [0.1, 0.15) is 6.54 Å². The number of aromatic nitrogens is 1. The summed E-state index contributed by atoms with van der Waals surface area (Å²) in [6.45, 7) is 3.44. The van der Waals surface area contributed by atoms with Crippen molar-refractivity contribution in [1.29, 1.82) is 0 Å². The molecule has 0 bridgehead atoms. The van der Waals surface area contributed by atoms with Crippen LogP contribution in [-0.2, 0) is 16.1 Å². The summed E-state index contributed by atoms with van der Waals surface area (Å²) < 4.78 is 7.21. The maximum Gasteiger partial charge on any atom is 0.325 e. The molecule has 1 heterocycles. The van der Waals surface area contributed by atoms with Gasteiger partial charge in [0, 0.05) is 17.2 Å². The van der Waals surface area contributed by atoms with Gasteiger partial charge >= 0.3 is 5.97 Å². The molecule has 0 fully saturated rings. The summed E-state index contributed by atoms with van der Waals surface area (Å²) in [7, 11) is 1.29. The fourth-order valence-corrected chi connectivity index (χ4v) is 3.83. The van der Waals surface area contributed by atoms with Gasteiger partial charge in [0.15, 0.2) is 4.80 Å². The molecule has 0 saturated heterocycles. The van der Waals surface area contributed by atoms with Gasteiger partial charge in [-0.25, -0.2) is 0 Å². The van der Waals surface area contributed by atoms with Crippen LogP contribution >= 0.6 is 11.3 Å². The second kappa shape index (κ2) is 7.73. The molecular weight excluding hydrogens is 382 g/mol. The fraction of sp³-hybridized carbons (Fsp3) is 0.211. The predicted molar refractivity (Wildman–Crippen MR) is 104 cm³/mol. The number of aryl methyl sites for hydroxylation is 2. The number of nitro groups is 1. The average molecular weight is 399 g/mol. The Morgan fingerprint density at radius 2 is 1.96 bits per heavy atom. The lowest BCUT2D eigenvalue weighted by Crippen LogP contribution is -2.22. The first-order valence-corrected chi connectivity index (χ1v) is 9.12. The smallest absolute Gasteiger partial charge is 0.325 e. The third-order valence-electron chi connectivity index (χ3n) is 4.20. The molecule has 0 atom stereocenters. The van der Waals surface area contributed by atoms with Gasteiger partial charge < -0.3 is 9.30 Å². The first kappa shape index (κ1) is 19.4. The molecule has 9 heteroatoms. The second-order valence-electron chi connectivity index (χ2n) is 6.19. The van der Waals surface area contributed by atoms with Gasteiger partial charge in [-0.15, -0.1) is 0 Å². The SMILES string of the molecule is COC(=O)Cn1c(=NC(=O)c2ccc(C)c([N+](=O)[O-])c2)sc2cc(C)ccc21. The van der Waals surface area contributed by atoms with Crippen LogP contribution < -0.4 is 4.80 Å². The van der Waals surface area contributed by atoms with Crippen LogP contribution in [0.3, 0.4) is 0 Å². The Hall–Kier alpha value is -3.33. The number of carbonyl (C=O) groups is 2. The van der Waals surface area contributed by atoms with Gasteiger partial charge in [-0.3, -0.25) is 19.7 Å². The number of rotatable bonds is 4. The number of carbonyl (C=O) groups excluding carboxylic acids is 2. The zero-order valence-corrected chi connectivity index (χ0v) is 16.3. The van der Waals surface area contributed by atoms with E-state index >= 15 is 0 Å². The lowest BCUT2D eigenvalue weighted by atomic mass is 10.1. The largest absolute Gasteiger partial charge is 0.468 e. The van der Waals surface area contributed by atoms with Gasteiger partial charge in [0.05, 0.1) is 22.2 Å². The van der Waals surface area contributed by atoms with Crippen molar-refractivity contribution in [3.63, 3.8) is 0 Å². The quantitative estimate of drug-likeness (QED) is 0.381. The molecule has 0 radical (unpaired) electrons. The summed E-state index contributed by atoms with van der Waals surface area (Å²) in [6.07, 6.45) is 0. The van der Waals surface area contributed by atoms with E-state index in [0.29, 0.717) is 10.4 Å². The Morgan fingerprint density at radius 1 is 1.21 bits per heavy atom. The highest BCUT2D eigenvalue weighted by molar-refractivity contribution is 7.16. The highest BCUT2D eigenvalue weighted by atomic mass is 32.1. The highest BCUT2D eigenvalue weighted by Crippen LogP contribution is 2.21. The molecule has 8 nitrogen and oxygen atoms in total. The molecule has 0 aliphatic heterocycles. The molecule has 1 aromatic heterocycles. The molecule has 0 aliphatic rings. The third kappa shape index (κ3) is 3.84. The molecule has 0 spiro atoms. The third-order valence-corrected chi connectivity index (χ3v) is 5.24. The van der Waals surface area contributed by atoms with Crippen LogP contribution in [0.2, 0.25) is 0 Å². The first-order chi connectivity index (χ1) is 13.3. The van der Waals surface area contributed by atoms with Crippen molar-refractivity contribution in [1.82, 2.24) is 4.57 Å². The van der Waals surface area contributed by atoms with Crippen LogP contribution in [0.15, 0.2) is 41.4 Å². The number of thiazole rings is 1. The maximum absolute atomic E-state index is 12.6. The number of ether oxygens (including phenoxy) is 1. The molecule has 28 heavy (non-hydrogen) atoms. The summed E-state index contributed by atoms with van der Waals surface area (Å²) in [4.78, 5) is 39.5. The second-order valence-corrected chi connectivity index (χ2v) is 7.20. The molecular formula is C19H17N3O5S. The molecule has 2 aromatic carbocycles. The molecule has 3 aromatic rings. The first-order valence-electron chi connectivity index (χ1n) is 8.31. The minimum Gasteiger partial charge on any atom is -0.468 e. The van der Waals surface area contributed by atoms with Gasteiger partial charge in [0.2, 0.25) is 0 Å². The number of hydrogen-bond donors (Lipinski definition) is 0. The summed E-state index contributed by atoms with van der Waals surface area (Å²) in [6, 6.07) is 9.91. The van der Waals surface area contributed by atoms with Crippen LogP contribution in [0.5, 0.6) is 0 Å². The lowest BCUT2D eigenvalue weighted by molar-refractivity contribution is -0.385. The van der Waals surface area contributed by atoms with E-state index in [1.54, 1.807) is 11.5 Å².